The number of hydrogen-bond donors (Lipinski definition) is 0. The van der Waals surface area contributed by atoms with Crippen molar-refractivity contribution >= 4 is 17.5 Å². The summed E-state index contributed by atoms with van der Waals surface area (Å²) < 4.78 is 0. The van der Waals surface area contributed by atoms with Crippen molar-refractivity contribution < 1.29 is 4.79 Å². The van der Waals surface area contributed by atoms with Crippen LogP contribution in [0.15, 0.2) is 18.3 Å². The molecule has 0 saturated carbocycles. The molecule has 0 unspecified atom stereocenters. The molecule has 0 fully saturated rings. The zero-order chi connectivity index (χ0) is 13.5. The van der Waals surface area contributed by atoms with Crippen LogP contribution in [0, 0.1) is 0 Å². The smallest absolute Gasteiger partial charge is 0.236 e. The molecule has 0 aliphatic rings. The van der Waals surface area contributed by atoms with Crippen molar-refractivity contribution in [3.8, 4) is 0 Å². The zero-order valence-electron chi connectivity index (χ0n) is 11.2. The van der Waals surface area contributed by atoms with E-state index in [1.54, 1.807) is 25.2 Å². The quantitative estimate of drug-likeness (QED) is 0.742. The molecular weight excluding hydrogens is 250 g/mol. The number of likely N-dealkylation sites (N-methyl/N-ethyl adjacent to an activating group) is 1. The van der Waals surface area contributed by atoms with E-state index in [0.29, 0.717) is 18.2 Å². The second kappa shape index (κ2) is 7.34. The predicted molar refractivity (Wildman–Crippen MR) is 73.5 cm³/mol. The van der Waals surface area contributed by atoms with Crippen molar-refractivity contribution in [3.63, 3.8) is 0 Å². The summed E-state index contributed by atoms with van der Waals surface area (Å²) in [4.78, 5) is 19.5. The normalized spacial score (nSPS) is 10.7. The second-order valence-corrected chi connectivity index (χ2v) is 4.81. The van der Waals surface area contributed by atoms with Gasteiger partial charge < -0.3 is 4.90 Å². The van der Waals surface area contributed by atoms with Crippen molar-refractivity contribution in [1.29, 1.82) is 0 Å². The van der Waals surface area contributed by atoms with E-state index in [4.69, 9.17) is 11.6 Å². The minimum atomic E-state index is 0.100. The Hall–Kier alpha value is -1.13. The van der Waals surface area contributed by atoms with Crippen LogP contribution < -0.4 is 0 Å². The summed E-state index contributed by atoms with van der Waals surface area (Å²) in [6, 6.07) is 3.80. The topological polar surface area (TPSA) is 36.4 Å². The summed E-state index contributed by atoms with van der Waals surface area (Å²) in [5.74, 6) is 0.100. The Morgan fingerprint density at radius 2 is 2.17 bits per heavy atom. The van der Waals surface area contributed by atoms with Gasteiger partial charge >= 0.3 is 0 Å². The predicted octanol–water partition coefficient (Wildman–Crippen LogP) is 2.04. The molecule has 1 rings (SSSR count). The molecule has 0 aliphatic heterocycles. The van der Waals surface area contributed by atoms with Gasteiger partial charge in [0.15, 0.2) is 0 Å². The van der Waals surface area contributed by atoms with Crippen LogP contribution in [0.25, 0.3) is 0 Å². The minimum absolute atomic E-state index is 0.100. The van der Waals surface area contributed by atoms with Gasteiger partial charge in [-0.25, -0.2) is 4.98 Å². The molecule has 1 aromatic heterocycles. The Balaban J connectivity index is 2.68. The van der Waals surface area contributed by atoms with Gasteiger partial charge in [-0.15, -0.1) is 0 Å². The van der Waals surface area contributed by atoms with E-state index >= 15 is 0 Å². The van der Waals surface area contributed by atoms with E-state index in [2.05, 4.69) is 16.8 Å². The lowest BCUT2D eigenvalue weighted by Crippen LogP contribution is -2.36. The number of rotatable bonds is 6. The highest BCUT2D eigenvalue weighted by Gasteiger charge is 2.13. The van der Waals surface area contributed by atoms with Crippen molar-refractivity contribution in [3.05, 3.63) is 29.0 Å². The third-order valence-electron chi connectivity index (χ3n) is 2.63. The number of carbonyl (C=O) groups is 1. The summed E-state index contributed by atoms with van der Waals surface area (Å²) in [5.41, 5.74) is 0.958. The van der Waals surface area contributed by atoms with Crippen molar-refractivity contribution in [2.75, 3.05) is 27.2 Å². The molecule has 5 heteroatoms. The molecule has 1 aromatic rings. The molecule has 0 aliphatic carbocycles. The fraction of sp³-hybridized carbons (Fsp3) is 0.538. The van der Waals surface area contributed by atoms with Crippen LogP contribution in [0.4, 0.5) is 0 Å². The maximum absolute atomic E-state index is 11.7. The van der Waals surface area contributed by atoms with Gasteiger partial charge in [0.2, 0.25) is 5.91 Å². The number of hydrogen-bond acceptors (Lipinski definition) is 3. The van der Waals surface area contributed by atoms with Crippen LogP contribution in [0.1, 0.15) is 18.9 Å². The van der Waals surface area contributed by atoms with Gasteiger partial charge in [-0.2, -0.15) is 0 Å². The number of pyridine rings is 1. The second-order valence-electron chi connectivity index (χ2n) is 4.45. The Morgan fingerprint density at radius 3 is 2.72 bits per heavy atom. The Labute approximate surface area is 114 Å². The van der Waals surface area contributed by atoms with Gasteiger partial charge in [0.1, 0.15) is 5.15 Å². The molecule has 18 heavy (non-hydrogen) atoms. The highest BCUT2D eigenvalue weighted by Crippen LogP contribution is 2.14. The Morgan fingerprint density at radius 1 is 1.44 bits per heavy atom. The van der Waals surface area contributed by atoms with E-state index in [9.17, 15) is 4.79 Å². The molecule has 0 atom stereocenters. The summed E-state index contributed by atoms with van der Waals surface area (Å²) in [6.07, 6.45) is 2.67. The maximum atomic E-state index is 11.7. The minimum Gasteiger partial charge on any atom is -0.348 e. The SMILES string of the molecule is CCCN(CC(=O)N(C)C)Cc1cccnc1Cl. The summed E-state index contributed by atoms with van der Waals surface area (Å²) >= 11 is 6.03. The van der Waals surface area contributed by atoms with Gasteiger partial charge in [0, 0.05) is 32.4 Å². The van der Waals surface area contributed by atoms with Gasteiger partial charge in [-0.1, -0.05) is 24.6 Å². The van der Waals surface area contributed by atoms with Gasteiger partial charge in [-0.05, 0) is 19.0 Å². The fourth-order valence-electron chi connectivity index (χ4n) is 1.64. The van der Waals surface area contributed by atoms with Crippen LogP contribution in [0.5, 0.6) is 0 Å². The Kier molecular flexibility index (Phi) is 6.09. The maximum Gasteiger partial charge on any atom is 0.236 e. The lowest BCUT2D eigenvalue weighted by molar-refractivity contribution is -0.130. The molecule has 0 spiro atoms. The third-order valence-corrected chi connectivity index (χ3v) is 2.97. The first-order valence-electron chi connectivity index (χ1n) is 6.06. The monoisotopic (exact) mass is 269 g/mol. The first-order chi connectivity index (χ1) is 8.54. The van der Waals surface area contributed by atoms with Crippen molar-refractivity contribution in [2.24, 2.45) is 0 Å². The van der Waals surface area contributed by atoms with Crippen molar-refractivity contribution in [1.82, 2.24) is 14.8 Å². The van der Waals surface area contributed by atoms with E-state index in [1.807, 2.05) is 12.1 Å². The lowest BCUT2D eigenvalue weighted by atomic mass is 10.2. The van der Waals surface area contributed by atoms with Gasteiger partial charge in [0.25, 0.3) is 0 Å². The van der Waals surface area contributed by atoms with E-state index in [-0.39, 0.29) is 5.91 Å². The van der Waals surface area contributed by atoms with Crippen LogP contribution in [0.3, 0.4) is 0 Å². The summed E-state index contributed by atoms with van der Waals surface area (Å²) in [7, 11) is 3.53. The molecule has 100 valence electrons. The molecule has 4 nitrogen and oxygen atoms in total. The summed E-state index contributed by atoms with van der Waals surface area (Å²) in [6.45, 7) is 4.02. The van der Waals surface area contributed by atoms with Crippen LogP contribution >= 0.6 is 11.6 Å². The summed E-state index contributed by atoms with van der Waals surface area (Å²) in [5, 5.41) is 0.510. The van der Waals surface area contributed by atoms with Crippen LogP contribution in [0.2, 0.25) is 5.15 Å². The number of aromatic nitrogens is 1. The number of nitrogens with zero attached hydrogens (tertiary/aromatic N) is 3. The third kappa shape index (κ3) is 4.63. The average Bonchev–Trinajstić information content (AvgIpc) is 2.32. The molecule has 0 bridgehead atoms. The molecule has 0 saturated heterocycles. The van der Waals surface area contributed by atoms with Crippen molar-refractivity contribution in [2.45, 2.75) is 19.9 Å². The van der Waals surface area contributed by atoms with Gasteiger partial charge in [-0.3, -0.25) is 9.69 Å². The lowest BCUT2D eigenvalue weighted by Gasteiger charge is -2.23. The fourth-order valence-corrected chi connectivity index (χ4v) is 1.82. The van der Waals surface area contributed by atoms with Gasteiger partial charge in [0.05, 0.1) is 6.54 Å². The van der Waals surface area contributed by atoms with E-state index in [1.165, 1.54) is 0 Å². The number of amides is 1. The van der Waals surface area contributed by atoms with Crippen LogP contribution in [-0.4, -0.2) is 47.9 Å². The molecule has 1 amide bonds. The van der Waals surface area contributed by atoms with Crippen LogP contribution in [-0.2, 0) is 11.3 Å². The highest BCUT2D eigenvalue weighted by atomic mass is 35.5. The molecule has 0 N–H and O–H groups in total. The average molecular weight is 270 g/mol. The Bertz CT molecular complexity index is 396. The zero-order valence-corrected chi connectivity index (χ0v) is 11.9. The molecular formula is C13H20ClN3O. The van der Waals surface area contributed by atoms with E-state index in [0.717, 1.165) is 18.5 Å². The first-order valence-corrected chi connectivity index (χ1v) is 6.44. The molecule has 0 aromatic carbocycles. The molecule has 0 radical (unpaired) electrons. The molecule has 1 heterocycles. The highest BCUT2D eigenvalue weighted by molar-refractivity contribution is 6.30. The first kappa shape index (κ1) is 14.9. The standard InChI is InChI=1S/C13H20ClN3O/c1-4-8-17(10-12(18)16(2)3)9-11-6-5-7-15-13(11)14/h5-7H,4,8-10H2,1-3H3. The number of carbonyl (C=O) groups excluding carboxylic acids is 1. The van der Waals surface area contributed by atoms with E-state index < -0.39 is 0 Å². The largest absolute Gasteiger partial charge is 0.348 e. The number of halogens is 1.